The molecule has 2 atom stereocenters. The average molecular weight is 415 g/mol. The lowest BCUT2D eigenvalue weighted by Crippen LogP contribution is -2.59. The third-order valence-corrected chi connectivity index (χ3v) is 5.07. The Morgan fingerprint density at radius 1 is 1.32 bits per heavy atom. The molecular formula is C18H24BrFN2O3. The van der Waals surface area contributed by atoms with Crippen molar-refractivity contribution >= 4 is 22.0 Å². The number of nitrogens with zero attached hydrogens (tertiary/aromatic N) is 2. The fourth-order valence-electron chi connectivity index (χ4n) is 3.19. The van der Waals surface area contributed by atoms with E-state index in [1.807, 2.05) is 20.8 Å². The Kier molecular flexibility index (Phi) is 5.37. The first-order chi connectivity index (χ1) is 11.7. The minimum Gasteiger partial charge on any atom is -0.444 e. The van der Waals surface area contributed by atoms with Gasteiger partial charge in [-0.2, -0.15) is 0 Å². The first-order valence-electron chi connectivity index (χ1n) is 8.51. The number of amides is 1. The second-order valence-corrected chi connectivity index (χ2v) is 8.42. The van der Waals surface area contributed by atoms with E-state index in [1.165, 1.54) is 6.07 Å². The number of fused-ring (bicyclic) bond motifs is 1. The van der Waals surface area contributed by atoms with Crippen LogP contribution >= 0.6 is 15.9 Å². The standard InChI is InChI=1S/C18H24BrFN2O3/c1-18(2,3)25-17(23)22-7-6-21-10-16(24-11-13(21)9-22)12-4-5-15(20)14(19)8-12/h4-5,8,13,16H,6-7,9-11H2,1-3H3/t13?,16-/m1/s1. The Morgan fingerprint density at radius 3 is 2.76 bits per heavy atom. The number of hydrogen-bond donors (Lipinski definition) is 0. The van der Waals surface area contributed by atoms with Crippen LogP contribution in [0.3, 0.4) is 0 Å². The summed E-state index contributed by atoms with van der Waals surface area (Å²) in [7, 11) is 0. The minimum absolute atomic E-state index is 0.0822. The van der Waals surface area contributed by atoms with E-state index in [1.54, 1.807) is 17.0 Å². The molecule has 2 fully saturated rings. The van der Waals surface area contributed by atoms with Gasteiger partial charge in [-0.05, 0) is 54.4 Å². The summed E-state index contributed by atoms with van der Waals surface area (Å²) in [5.74, 6) is -0.275. The van der Waals surface area contributed by atoms with Crippen LogP contribution in [-0.2, 0) is 9.47 Å². The van der Waals surface area contributed by atoms with Crippen LogP contribution in [0.1, 0.15) is 32.4 Å². The van der Waals surface area contributed by atoms with E-state index in [9.17, 15) is 9.18 Å². The fourth-order valence-corrected chi connectivity index (χ4v) is 3.59. The van der Waals surface area contributed by atoms with Crippen molar-refractivity contribution in [2.24, 2.45) is 0 Å². The molecule has 0 radical (unpaired) electrons. The average Bonchev–Trinajstić information content (AvgIpc) is 2.55. The fraction of sp³-hybridized carbons (Fsp3) is 0.611. The van der Waals surface area contributed by atoms with Crippen LogP contribution in [0.5, 0.6) is 0 Å². The molecule has 5 nitrogen and oxygen atoms in total. The largest absolute Gasteiger partial charge is 0.444 e. The summed E-state index contributed by atoms with van der Waals surface area (Å²) in [6.45, 7) is 8.93. The molecule has 2 heterocycles. The topological polar surface area (TPSA) is 42.0 Å². The molecule has 2 aliphatic rings. The molecule has 0 spiro atoms. The summed E-state index contributed by atoms with van der Waals surface area (Å²) in [6.07, 6.45) is -0.349. The van der Waals surface area contributed by atoms with E-state index >= 15 is 0 Å². The van der Waals surface area contributed by atoms with Gasteiger partial charge in [-0.3, -0.25) is 4.90 Å². The Labute approximate surface area is 156 Å². The van der Waals surface area contributed by atoms with Gasteiger partial charge in [-0.1, -0.05) is 6.07 Å². The van der Waals surface area contributed by atoms with E-state index in [-0.39, 0.29) is 24.1 Å². The normalized spacial score (nSPS) is 24.8. The Morgan fingerprint density at radius 2 is 2.08 bits per heavy atom. The van der Waals surface area contributed by atoms with Gasteiger partial charge in [0.25, 0.3) is 0 Å². The van der Waals surface area contributed by atoms with Crippen molar-refractivity contribution < 1.29 is 18.7 Å². The number of carbonyl (C=O) groups is 1. The number of morpholine rings is 1. The van der Waals surface area contributed by atoms with Gasteiger partial charge in [0, 0.05) is 26.2 Å². The van der Waals surface area contributed by atoms with Gasteiger partial charge in [0.2, 0.25) is 0 Å². The minimum atomic E-state index is -0.488. The second kappa shape index (κ2) is 7.21. The van der Waals surface area contributed by atoms with Crippen molar-refractivity contribution in [2.45, 2.75) is 38.5 Å². The quantitative estimate of drug-likeness (QED) is 0.704. The van der Waals surface area contributed by atoms with Crippen molar-refractivity contribution in [3.05, 3.63) is 34.1 Å². The second-order valence-electron chi connectivity index (χ2n) is 7.57. The number of halogens is 2. The zero-order chi connectivity index (χ0) is 18.2. The highest BCUT2D eigenvalue weighted by Crippen LogP contribution is 2.29. The summed E-state index contributed by atoms with van der Waals surface area (Å²) in [4.78, 5) is 16.3. The Bertz CT molecular complexity index is 650. The van der Waals surface area contributed by atoms with Gasteiger partial charge in [0.1, 0.15) is 11.4 Å². The van der Waals surface area contributed by atoms with Crippen LogP contribution in [0.2, 0.25) is 0 Å². The maximum absolute atomic E-state index is 13.4. The van der Waals surface area contributed by atoms with Gasteiger partial charge >= 0.3 is 6.09 Å². The molecule has 1 unspecified atom stereocenters. The number of carbonyl (C=O) groups excluding carboxylic acids is 1. The number of ether oxygens (including phenoxy) is 2. The lowest BCUT2D eigenvalue weighted by molar-refractivity contribution is -0.0906. The highest BCUT2D eigenvalue weighted by molar-refractivity contribution is 9.10. The molecule has 0 bridgehead atoms. The molecule has 3 rings (SSSR count). The molecule has 2 aliphatic heterocycles. The van der Waals surface area contributed by atoms with Gasteiger partial charge in [-0.15, -0.1) is 0 Å². The van der Waals surface area contributed by atoms with E-state index in [4.69, 9.17) is 9.47 Å². The van der Waals surface area contributed by atoms with Crippen molar-refractivity contribution in [3.8, 4) is 0 Å². The molecule has 7 heteroatoms. The molecule has 0 N–H and O–H groups in total. The predicted octanol–water partition coefficient (Wildman–Crippen LogP) is 3.58. The van der Waals surface area contributed by atoms with Crippen LogP contribution in [0, 0.1) is 5.82 Å². The van der Waals surface area contributed by atoms with Crippen LogP contribution in [0.15, 0.2) is 22.7 Å². The summed E-state index contributed by atoms with van der Waals surface area (Å²) in [6, 6.07) is 5.16. The van der Waals surface area contributed by atoms with E-state index in [2.05, 4.69) is 20.8 Å². The van der Waals surface area contributed by atoms with Crippen LogP contribution in [0.25, 0.3) is 0 Å². The van der Waals surface area contributed by atoms with E-state index < -0.39 is 5.60 Å². The summed E-state index contributed by atoms with van der Waals surface area (Å²) in [5.41, 5.74) is 0.472. The van der Waals surface area contributed by atoms with Gasteiger partial charge in [-0.25, -0.2) is 9.18 Å². The monoisotopic (exact) mass is 414 g/mol. The Hall–Kier alpha value is -1.18. The predicted molar refractivity (Wildman–Crippen MR) is 96.0 cm³/mol. The summed E-state index contributed by atoms with van der Waals surface area (Å²) in [5, 5.41) is 0. The van der Waals surface area contributed by atoms with Gasteiger partial charge in [0.15, 0.2) is 0 Å². The third kappa shape index (κ3) is 4.51. The molecule has 0 aromatic heterocycles. The smallest absolute Gasteiger partial charge is 0.410 e. The maximum Gasteiger partial charge on any atom is 0.410 e. The number of benzene rings is 1. The van der Waals surface area contributed by atoms with Crippen molar-refractivity contribution in [1.29, 1.82) is 0 Å². The summed E-state index contributed by atoms with van der Waals surface area (Å²) < 4.78 is 25.3. The van der Waals surface area contributed by atoms with Gasteiger partial charge < -0.3 is 14.4 Å². The molecule has 1 aromatic rings. The molecule has 1 amide bonds. The molecule has 0 saturated carbocycles. The molecule has 25 heavy (non-hydrogen) atoms. The van der Waals surface area contributed by atoms with Crippen LogP contribution in [0.4, 0.5) is 9.18 Å². The first-order valence-corrected chi connectivity index (χ1v) is 9.31. The van der Waals surface area contributed by atoms with Crippen LogP contribution < -0.4 is 0 Å². The molecule has 0 aliphatic carbocycles. The third-order valence-electron chi connectivity index (χ3n) is 4.46. The number of hydrogen-bond acceptors (Lipinski definition) is 4. The summed E-state index contributed by atoms with van der Waals surface area (Å²) >= 11 is 3.23. The van der Waals surface area contributed by atoms with Crippen molar-refractivity contribution in [1.82, 2.24) is 9.80 Å². The zero-order valence-corrected chi connectivity index (χ0v) is 16.4. The van der Waals surface area contributed by atoms with Crippen molar-refractivity contribution in [2.75, 3.05) is 32.8 Å². The molecule has 138 valence electrons. The number of piperazine rings is 1. The maximum atomic E-state index is 13.4. The van der Waals surface area contributed by atoms with Gasteiger partial charge in [0.05, 0.1) is 23.2 Å². The highest BCUT2D eigenvalue weighted by Gasteiger charge is 2.36. The highest BCUT2D eigenvalue weighted by atomic mass is 79.9. The van der Waals surface area contributed by atoms with E-state index in [0.717, 1.165) is 18.7 Å². The zero-order valence-electron chi connectivity index (χ0n) is 14.8. The molecular weight excluding hydrogens is 391 g/mol. The molecule has 1 aromatic carbocycles. The molecule has 2 saturated heterocycles. The van der Waals surface area contributed by atoms with E-state index in [0.29, 0.717) is 24.2 Å². The van der Waals surface area contributed by atoms with Crippen LogP contribution in [-0.4, -0.2) is 60.3 Å². The van der Waals surface area contributed by atoms with Crippen molar-refractivity contribution in [3.63, 3.8) is 0 Å². The SMILES string of the molecule is CC(C)(C)OC(=O)N1CCN2C[C@H](c3ccc(F)c(Br)c3)OCC2C1. The Balaban J connectivity index is 1.60. The first kappa shape index (κ1) is 18.6. The lowest BCUT2D eigenvalue weighted by atomic mass is 10.0. The number of rotatable bonds is 1. The lowest BCUT2D eigenvalue weighted by Gasteiger charge is -2.46.